The fraction of sp³-hybridized carbons (Fsp3) is 0.615. The number of piperidine rings is 1. The molecule has 0 aliphatic carbocycles. The van der Waals surface area contributed by atoms with E-state index in [1.807, 2.05) is 29.2 Å². The van der Waals surface area contributed by atoms with E-state index in [0.717, 1.165) is 69.8 Å². The third-order valence-corrected chi connectivity index (χ3v) is 7.59. The largest absolute Gasteiger partial charge is 0.484 e. The molecule has 9 nitrogen and oxygen atoms in total. The van der Waals surface area contributed by atoms with Crippen molar-refractivity contribution in [3.63, 3.8) is 0 Å². The van der Waals surface area contributed by atoms with E-state index in [2.05, 4.69) is 32.0 Å². The Morgan fingerprint density at radius 3 is 2.37 bits per heavy atom. The maximum Gasteiger partial charge on any atom is 0.453 e. The number of nitrogens with zero attached hydrogens (tertiary/aromatic N) is 7. The van der Waals surface area contributed by atoms with Crippen LogP contribution in [0.1, 0.15) is 55.7 Å². The third-order valence-electron chi connectivity index (χ3n) is 7.59. The Labute approximate surface area is 220 Å². The quantitative estimate of drug-likeness (QED) is 0.568. The van der Waals surface area contributed by atoms with Crippen LogP contribution in [-0.4, -0.2) is 93.7 Å². The molecule has 12 heteroatoms. The topological polar surface area (TPSA) is 79.1 Å². The summed E-state index contributed by atoms with van der Waals surface area (Å²) >= 11 is 0. The molecule has 0 atom stereocenters. The van der Waals surface area contributed by atoms with Crippen molar-refractivity contribution in [1.29, 1.82) is 0 Å². The molecular formula is C26H34F3N7O2. The molecule has 1 aromatic heterocycles. The van der Waals surface area contributed by atoms with E-state index in [1.165, 1.54) is 5.56 Å². The van der Waals surface area contributed by atoms with E-state index in [4.69, 9.17) is 4.74 Å². The van der Waals surface area contributed by atoms with Crippen LogP contribution in [0.5, 0.6) is 5.75 Å². The Kier molecular flexibility index (Phi) is 7.87. The van der Waals surface area contributed by atoms with E-state index in [9.17, 15) is 18.0 Å². The minimum absolute atomic E-state index is 0.0178. The highest BCUT2D eigenvalue weighted by Gasteiger charge is 2.40. The summed E-state index contributed by atoms with van der Waals surface area (Å²) < 4.78 is 46.3. The molecule has 0 N–H and O–H groups in total. The number of piperazine rings is 1. The summed E-state index contributed by atoms with van der Waals surface area (Å²) in [5, 5.41) is 11.2. The molecule has 206 valence electrons. The molecule has 2 saturated heterocycles. The van der Waals surface area contributed by atoms with E-state index < -0.39 is 12.0 Å². The molecule has 0 bridgehead atoms. The second kappa shape index (κ2) is 11.3. The Balaban J connectivity index is 1.10. The number of aryl methyl sites for hydroxylation is 1. The first-order valence-corrected chi connectivity index (χ1v) is 13.4. The van der Waals surface area contributed by atoms with E-state index in [-0.39, 0.29) is 18.3 Å². The number of aromatic nitrogens is 3. The van der Waals surface area contributed by atoms with Gasteiger partial charge in [0.1, 0.15) is 11.6 Å². The lowest BCUT2D eigenvalue weighted by Gasteiger charge is -2.35. The van der Waals surface area contributed by atoms with E-state index >= 15 is 0 Å². The first kappa shape index (κ1) is 26.5. The van der Waals surface area contributed by atoms with Crippen LogP contribution in [0.3, 0.4) is 0 Å². The van der Waals surface area contributed by atoms with Gasteiger partial charge in [-0.2, -0.15) is 22.9 Å². The normalized spacial score (nSPS) is 19.3. The number of alkyl halides is 3. The van der Waals surface area contributed by atoms with E-state index in [0.29, 0.717) is 30.3 Å². The number of amidine groups is 1. The van der Waals surface area contributed by atoms with Gasteiger partial charge in [-0.05, 0) is 49.4 Å². The van der Waals surface area contributed by atoms with Crippen LogP contribution in [0.4, 0.5) is 13.2 Å². The fourth-order valence-electron chi connectivity index (χ4n) is 5.44. The third kappa shape index (κ3) is 5.95. The zero-order chi connectivity index (χ0) is 26.7. The first-order chi connectivity index (χ1) is 18.3. The van der Waals surface area contributed by atoms with Crippen LogP contribution >= 0.6 is 0 Å². The molecule has 0 saturated carbocycles. The zero-order valence-electron chi connectivity index (χ0n) is 21.7. The van der Waals surface area contributed by atoms with Crippen LogP contribution in [0.15, 0.2) is 29.4 Å². The van der Waals surface area contributed by atoms with Gasteiger partial charge in [0.15, 0.2) is 12.4 Å². The van der Waals surface area contributed by atoms with Crippen molar-refractivity contribution < 1.29 is 22.7 Å². The van der Waals surface area contributed by atoms with Crippen LogP contribution < -0.4 is 4.74 Å². The Morgan fingerprint density at radius 1 is 1.00 bits per heavy atom. The summed E-state index contributed by atoms with van der Waals surface area (Å²) in [6.07, 6.45) is -0.762. The van der Waals surface area contributed by atoms with Crippen molar-refractivity contribution in [2.75, 3.05) is 52.4 Å². The Morgan fingerprint density at radius 2 is 1.71 bits per heavy atom. The number of carbonyl (C=O) groups excluding carboxylic acids is 1. The van der Waals surface area contributed by atoms with E-state index in [1.54, 1.807) is 0 Å². The number of hydrogen-bond donors (Lipinski definition) is 0. The summed E-state index contributed by atoms with van der Waals surface area (Å²) in [5.74, 6) is 0.867. The van der Waals surface area contributed by atoms with Gasteiger partial charge >= 0.3 is 6.18 Å². The number of halogens is 3. The highest BCUT2D eigenvalue weighted by molar-refractivity contribution is 5.83. The van der Waals surface area contributed by atoms with Gasteiger partial charge in [-0.15, -0.1) is 10.2 Å². The standard InChI is InChI=1S/C26H34F3N7O2/c1-2-11-33-14-16-35(17-15-33)24(37)18-38-21-5-3-19(4-6-21)20-9-12-34(13-10-20)23-8-7-22-30-31-25(26(27,28)29)36(22)32-23/h3-6,20H,2,7-18H2,1H3. The molecule has 0 spiro atoms. The number of rotatable bonds is 6. The molecule has 1 aromatic carbocycles. The number of benzene rings is 1. The molecule has 0 unspecified atom stereocenters. The van der Waals surface area contributed by atoms with Crippen molar-refractivity contribution in [1.82, 2.24) is 29.6 Å². The van der Waals surface area contributed by atoms with Crippen molar-refractivity contribution in [3.8, 4) is 5.75 Å². The van der Waals surface area contributed by atoms with Crippen molar-refractivity contribution >= 4 is 11.7 Å². The van der Waals surface area contributed by atoms with Gasteiger partial charge in [0.25, 0.3) is 11.7 Å². The molecule has 0 radical (unpaired) electrons. The van der Waals surface area contributed by atoms with Crippen LogP contribution in [-0.2, 0) is 17.4 Å². The second-order valence-electron chi connectivity index (χ2n) is 10.1. The minimum atomic E-state index is -4.59. The molecule has 2 aromatic rings. The maximum atomic E-state index is 13.2. The Hall–Kier alpha value is -3.15. The molecule has 5 rings (SSSR count). The van der Waals surface area contributed by atoms with Crippen molar-refractivity contribution in [2.45, 2.75) is 51.1 Å². The second-order valence-corrected chi connectivity index (χ2v) is 10.1. The van der Waals surface area contributed by atoms with Gasteiger partial charge in [-0.3, -0.25) is 9.69 Å². The first-order valence-electron chi connectivity index (χ1n) is 13.4. The highest BCUT2D eigenvalue weighted by Crippen LogP contribution is 2.32. The molecule has 38 heavy (non-hydrogen) atoms. The van der Waals surface area contributed by atoms with Gasteiger partial charge in [-0.1, -0.05) is 19.1 Å². The number of likely N-dealkylation sites (tertiary alicyclic amines) is 1. The van der Waals surface area contributed by atoms with Gasteiger partial charge in [0.05, 0.1) is 0 Å². The average Bonchev–Trinajstić information content (AvgIpc) is 3.37. The van der Waals surface area contributed by atoms with Gasteiger partial charge in [0, 0.05) is 52.1 Å². The van der Waals surface area contributed by atoms with Crippen molar-refractivity contribution in [3.05, 3.63) is 41.5 Å². The zero-order valence-corrected chi connectivity index (χ0v) is 21.7. The van der Waals surface area contributed by atoms with Gasteiger partial charge in [0.2, 0.25) is 0 Å². The molecule has 3 aliphatic rings. The molecule has 2 fully saturated rings. The number of ether oxygens (including phenoxy) is 1. The fourth-order valence-corrected chi connectivity index (χ4v) is 5.44. The Bertz CT molecular complexity index is 1130. The molecule has 4 heterocycles. The summed E-state index contributed by atoms with van der Waals surface area (Å²) in [5.41, 5.74) is 1.20. The van der Waals surface area contributed by atoms with Gasteiger partial charge < -0.3 is 14.5 Å². The molecule has 3 aliphatic heterocycles. The summed E-state index contributed by atoms with van der Waals surface area (Å²) in [6, 6.07) is 7.90. The lowest BCUT2D eigenvalue weighted by Crippen LogP contribution is -2.50. The van der Waals surface area contributed by atoms with Crippen LogP contribution in [0.2, 0.25) is 0 Å². The molecule has 1 amide bonds. The average molecular weight is 534 g/mol. The number of amides is 1. The number of hydrogen-bond acceptors (Lipinski definition) is 7. The lowest BCUT2D eigenvalue weighted by atomic mass is 9.89. The summed E-state index contributed by atoms with van der Waals surface area (Å²) in [4.78, 5) is 18.9. The highest BCUT2D eigenvalue weighted by atomic mass is 19.4. The SMILES string of the molecule is CCCN1CCN(C(=O)COc2ccc(C3CCN(C4=Nn5c(nnc5C(F)(F)F)CC4)CC3)cc2)CC1. The van der Waals surface area contributed by atoms with Gasteiger partial charge in [-0.25, -0.2) is 0 Å². The lowest BCUT2D eigenvalue weighted by molar-refractivity contribution is -0.147. The monoisotopic (exact) mass is 533 g/mol. The predicted molar refractivity (Wildman–Crippen MR) is 135 cm³/mol. The minimum Gasteiger partial charge on any atom is -0.484 e. The van der Waals surface area contributed by atoms with Crippen LogP contribution in [0, 0.1) is 0 Å². The molecular weight excluding hydrogens is 499 g/mol. The number of fused-ring (bicyclic) bond motifs is 1. The summed E-state index contributed by atoms with van der Waals surface area (Å²) in [6.45, 7) is 8.05. The van der Waals surface area contributed by atoms with Crippen LogP contribution in [0.25, 0.3) is 0 Å². The number of carbonyl (C=O) groups is 1. The smallest absolute Gasteiger partial charge is 0.453 e. The maximum absolute atomic E-state index is 13.2. The van der Waals surface area contributed by atoms with Crippen molar-refractivity contribution in [2.24, 2.45) is 5.10 Å². The predicted octanol–water partition coefficient (Wildman–Crippen LogP) is 3.22. The summed E-state index contributed by atoms with van der Waals surface area (Å²) in [7, 11) is 0.